The molecule has 0 spiro atoms. The molecule has 2 rings (SSSR count). The highest BCUT2D eigenvalue weighted by molar-refractivity contribution is 7.94. The normalized spacial score (nSPS) is 11.4. The van der Waals surface area contributed by atoms with Gasteiger partial charge in [-0.05, 0) is 30.7 Å². The van der Waals surface area contributed by atoms with Crippen LogP contribution in [0.25, 0.3) is 0 Å². The summed E-state index contributed by atoms with van der Waals surface area (Å²) in [5.41, 5.74) is -0.133. The second kappa shape index (κ2) is 5.41. The Bertz CT molecular complexity index is 815. The molecule has 0 fully saturated rings. The minimum atomic E-state index is -4.14. The molecule has 1 heterocycles. The second-order valence-corrected chi connectivity index (χ2v) is 7.07. The van der Waals surface area contributed by atoms with Crippen molar-refractivity contribution >= 4 is 33.0 Å². The molecule has 5 nitrogen and oxygen atoms in total. The highest BCUT2D eigenvalue weighted by atomic mass is 32.2. The molecule has 0 saturated carbocycles. The molecule has 0 aliphatic heterocycles. The Labute approximate surface area is 122 Å². The minimum absolute atomic E-state index is 0.116. The molecular weight excluding hydrogens is 324 g/mol. The van der Waals surface area contributed by atoms with Crippen LogP contribution >= 0.6 is 11.3 Å². The third kappa shape index (κ3) is 3.19. The third-order valence-corrected chi connectivity index (χ3v) is 5.59. The average molecular weight is 333 g/mol. The number of aryl methyl sites for hydroxylation is 1. The van der Waals surface area contributed by atoms with E-state index in [0.29, 0.717) is 17.4 Å². The fourth-order valence-electron chi connectivity index (χ4n) is 1.56. The van der Waals surface area contributed by atoms with Crippen LogP contribution in [0.15, 0.2) is 28.5 Å². The van der Waals surface area contributed by atoms with E-state index >= 15 is 0 Å². The number of aromatic carboxylic acids is 1. The van der Waals surface area contributed by atoms with Gasteiger partial charge in [0.05, 0.1) is 5.69 Å². The van der Waals surface area contributed by atoms with Crippen LogP contribution in [0.3, 0.4) is 0 Å². The number of rotatable bonds is 4. The van der Waals surface area contributed by atoms with E-state index in [9.17, 15) is 22.0 Å². The van der Waals surface area contributed by atoms with Gasteiger partial charge in [-0.15, -0.1) is 11.3 Å². The quantitative estimate of drug-likeness (QED) is 0.901. The van der Waals surface area contributed by atoms with Crippen molar-refractivity contribution < 1.29 is 27.1 Å². The lowest BCUT2D eigenvalue weighted by atomic mass is 10.3. The third-order valence-electron chi connectivity index (χ3n) is 2.53. The van der Waals surface area contributed by atoms with E-state index in [4.69, 9.17) is 5.11 Å². The molecule has 9 heteroatoms. The largest absolute Gasteiger partial charge is 0.477 e. The van der Waals surface area contributed by atoms with Crippen molar-refractivity contribution in [1.29, 1.82) is 0 Å². The SMILES string of the molecule is Cc1cc(S(=O)(=O)Nc2ccc(F)cc2F)sc1C(=O)O. The van der Waals surface area contributed by atoms with Crippen molar-refractivity contribution in [2.45, 2.75) is 11.1 Å². The van der Waals surface area contributed by atoms with E-state index in [1.807, 2.05) is 4.72 Å². The Morgan fingerprint density at radius 1 is 1.29 bits per heavy atom. The van der Waals surface area contributed by atoms with E-state index in [1.165, 1.54) is 13.0 Å². The summed E-state index contributed by atoms with van der Waals surface area (Å²) >= 11 is 0.556. The zero-order valence-corrected chi connectivity index (χ0v) is 12.2. The summed E-state index contributed by atoms with van der Waals surface area (Å²) in [4.78, 5) is 10.8. The molecule has 0 unspecified atom stereocenters. The van der Waals surface area contributed by atoms with E-state index in [2.05, 4.69) is 0 Å². The topological polar surface area (TPSA) is 83.5 Å². The number of benzene rings is 1. The van der Waals surface area contributed by atoms with Crippen molar-refractivity contribution in [3.8, 4) is 0 Å². The first-order valence-electron chi connectivity index (χ1n) is 5.52. The Morgan fingerprint density at radius 2 is 1.95 bits per heavy atom. The molecule has 2 N–H and O–H groups in total. The minimum Gasteiger partial charge on any atom is -0.477 e. The molecule has 2 aromatic rings. The fourth-order valence-corrected chi connectivity index (χ4v) is 4.01. The average Bonchev–Trinajstić information content (AvgIpc) is 2.76. The smallest absolute Gasteiger partial charge is 0.346 e. The zero-order valence-electron chi connectivity index (χ0n) is 10.6. The molecule has 0 bridgehead atoms. The molecule has 0 aliphatic carbocycles. The van der Waals surface area contributed by atoms with Gasteiger partial charge in [-0.3, -0.25) is 4.72 Å². The van der Waals surface area contributed by atoms with Gasteiger partial charge >= 0.3 is 5.97 Å². The van der Waals surface area contributed by atoms with Crippen LogP contribution in [0.2, 0.25) is 0 Å². The van der Waals surface area contributed by atoms with Gasteiger partial charge in [0.25, 0.3) is 10.0 Å². The van der Waals surface area contributed by atoms with Crippen LogP contribution < -0.4 is 4.72 Å². The predicted molar refractivity (Wildman–Crippen MR) is 73.2 cm³/mol. The van der Waals surface area contributed by atoms with Crippen LogP contribution in [0.5, 0.6) is 0 Å². The van der Waals surface area contributed by atoms with E-state index < -0.39 is 33.3 Å². The van der Waals surface area contributed by atoms with Crippen LogP contribution in [0.4, 0.5) is 14.5 Å². The summed E-state index contributed by atoms with van der Waals surface area (Å²) < 4.78 is 52.1. The Hall–Kier alpha value is -2.00. The van der Waals surface area contributed by atoms with Crippen LogP contribution in [-0.2, 0) is 10.0 Å². The Balaban J connectivity index is 2.38. The monoisotopic (exact) mass is 333 g/mol. The van der Waals surface area contributed by atoms with Crippen LogP contribution in [-0.4, -0.2) is 19.5 Å². The molecule has 0 saturated heterocycles. The number of anilines is 1. The van der Waals surface area contributed by atoms with E-state index in [-0.39, 0.29) is 14.6 Å². The standard InChI is InChI=1S/C12H9F2NO4S2/c1-6-4-10(20-11(6)12(16)17)21(18,19)15-9-3-2-7(13)5-8(9)14/h2-5,15H,1H3,(H,16,17). The van der Waals surface area contributed by atoms with Gasteiger partial charge in [-0.25, -0.2) is 22.0 Å². The lowest BCUT2D eigenvalue weighted by Gasteiger charge is -2.07. The Kier molecular flexibility index (Phi) is 3.97. The maximum atomic E-state index is 13.5. The summed E-state index contributed by atoms with van der Waals surface area (Å²) in [5, 5.41) is 8.90. The number of carbonyl (C=O) groups is 1. The van der Waals surface area contributed by atoms with Gasteiger partial charge in [0.1, 0.15) is 20.7 Å². The van der Waals surface area contributed by atoms with Gasteiger partial charge in [0.2, 0.25) is 0 Å². The van der Waals surface area contributed by atoms with Crippen LogP contribution in [0, 0.1) is 18.6 Å². The molecule has 0 amide bonds. The number of thiophene rings is 1. The van der Waals surface area contributed by atoms with Crippen molar-refractivity contribution in [1.82, 2.24) is 0 Å². The number of sulfonamides is 1. The van der Waals surface area contributed by atoms with Gasteiger partial charge in [-0.1, -0.05) is 0 Å². The molecule has 1 aromatic heterocycles. The van der Waals surface area contributed by atoms with Crippen molar-refractivity contribution in [3.63, 3.8) is 0 Å². The van der Waals surface area contributed by atoms with Gasteiger partial charge in [0, 0.05) is 6.07 Å². The molecule has 21 heavy (non-hydrogen) atoms. The molecule has 0 aliphatic rings. The summed E-state index contributed by atoms with van der Waals surface area (Å²) in [6.45, 7) is 1.46. The fraction of sp³-hybridized carbons (Fsp3) is 0.0833. The van der Waals surface area contributed by atoms with Crippen LogP contribution in [0.1, 0.15) is 15.2 Å². The molecule has 0 radical (unpaired) electrons. The highest BCUT2D eigenvalue weighted by Gasteiger charge is 2.22. The summed E-state index contributed by atoms with van der Waals surface area (Å²) in [7, 11) is -4.14. The molecule has 0 atom stereocenters. The lowest BCUT2D eigenvalue weighted by Crippen LogP contribution is -2.12. The summed E-state index contributed by atoms with van der Waals surface area (Å²) in [6.07, 6.45) is 0. The summed E-state index contributed by atoms with van der Waals surface area (Å²) in [5.74, 6) is -3.15. The van der Waals surface area contributed by atoms with Crippen molar-refractivity contribution in [2.75, 3.05) is 4.72 Å². The number of halogens is 2. The first-order valence-corrected chi connectivity index (χ1v) is 7.82. The first-order chi connectivity index (χ1) is 9.70. The van der Waals surface area contributed by atoms with E-state index in [1.54, 1.807) is 0 Å². The number of carboxylic acids is 1. The second-order valence-electron chi connectivity index (χ2n) is 4.11. The molecular formula is C12H9F2NO4S2. The summed E-state index contributed by atoms with van der Waals surface area (Å²) in [6, 6.07) is 3.57. The first kappa shape index (κ1) is 15.4. The highest BCUT2D eigenvalue weighted by Crippen LogP contribution is 2.28. The van der Waals surface area contributed by atoms with Gasteiger partial charge < -0.3 is 5.11 Å². The number of nitrogens with one attached hydrogen (secondary N) is 1. The zero-order chi connectivity index (χ0) is 15.8. The number of hydrogen-bond acceptors (Lipinski definition) is 4. The maximum Gasteiger partial charge on any atom is 0.346 e. The van der Waals surface area contributed by atoms with Gasteiger partial charge in [-0.2, -0.15) is 0 Å². The number of hydrogen-bond donors (Lipinski definition) is 2. The Morgan fingerprint density at radius 3 is 2.48 bits per heavy atom. The van der Waals surface area contributed by atoms with Crippen molar-refractivity contribution in [3.05, 3.63) is 46.3 Å². The van der Waals surface area contributed by atoms with E-state index in [0.717, 1.165) is 12.1 Å². The maximum absolute atomic E-state index is 13.5. The lowest BCUT2D eigenvalue weighted by molar-refractivity contribution is 0.0701. The number of carboxylic acid groups (broad SMARTS) is 1. The van der Waals surface area contributed by atoms with Gasteiger partial charge in [0.15, 0.2) is 0 Å². The van der Waals surface area contributed by atoms with Crippen molar-refractivity contribution in [2.24, 2.45) is 0 Å². The predicted octanol–water partition coefficient (Wildman–Crippen LogP) is 2.83. The molecule has 1 aromatic carbocycles. The molecule has 112 valence electrons.